The van der Waals surface area contributed by atoms with E-state index in [4.69, 9.17) is 15.2 Å². The highest BCUT2D eigenvalue weighted by Crippen LogP contribution is 2.30. The number of hydrogen-bond donors (Lipinski definition) is 2. The van der Waals surface area contributed by atoms with Crippen LogP contribution in [0.25, 0.3) is 10.9 Å². The largest absolute Gasteiger partial charge is 0.495 e. The Morgan fingerprint density at radius 1 is 1.45 bits per heavy atom. The van der Waals surface area contributed by atoms with Crippen molar-refractivity contribution in [3.8, 4) is 5.75 Å². The van der Waals surface area contributed by atoms with Gasteiger partial charge in [-0.15, -0.1) is 0 Å². The zero-order chi connectivity index (χ0) is 15.5. The molecular formula is C17H22N2O3. The summed E-state index contributed by atoms with van der Waals surface area (Å²) in [4.78, 5) is 4.37. The van der Waals surface area contributed by atoms with Gasteiger partial charge < -0.3 is 20.3 Å². The Morgan fingerprint density at radius 2 is 2.32 bits per heavy atom. The zero-order valence-corrected chi connectivity index (χ0v) is 12.7. The minimum absolute atomic E-state index is 0.0589. The van der Waals surface area contributed by atoms with E-state index in [1.165, 1.54) is 0 Å². The Kier molecular flexibility index (Phi) is 4.57. The number of aliphatic hydroxyl groups is 1. The van der Waals surface area contributed by atoms with E-state index in [-0.39, 0.29) is 12.1 Å². The maximum absolute atomic E-state index is 10.6. The number of aliphatic hydroxyl groups excluding tert-OH is 1. The molecule has 0 bridgehead atoms. The first-order chi connectivity index (χ1) is 10.7. The summed E-state index contributed by atoms with van der Waals surface area (Å²) in [7, 11) is 1.61. The Labute approximate surface area is 130 Å². The lowest BCUT2D eigenvalue weighted by atomic mass is 9.95. The maximum atomic E-state index is 10.6. The van der Waals surface area contributed by atoms with Gasteiger partial charge in [0.2, 0.25) is 0 Å². The number of fused-ring (bicyclic) bond motifs is 1. The van der Waals surface area contributed by atoms with Crippen LogP contribution in [0.1, 0.15) is 30.9 Å². The third-order valence-corrected chi connectivity index (χ3v) is 4.22. The van der Waals surface area contributed by atoms with Gasteiger partial charge >= 0.3 is 0 Å². The number of pyridine rings is 1. The van der Waals surface area contributed by atoms with Gasteiger partial charge in [-0.25, -0.2) is 0 Å². The van der Waals surface area contributed by atoms with Crippen molar-refractivity contribution in [1.29, 1.82) is 0 Å². The van der Waals surface area contributed by atoms with Crippen LogP contribution in [0.4, 0.5) is 0 Å². The van der Waals surface area contributed by atoms with Crippen molar-refractivity contribution in [1.82, 2.24) is 4.98 Å². The van der Waals surface area contributed by atoms with Gasteiger partial charge in [-0.3, -0.25) is 4.98 Å². The zero-order valence-electron chi connectivity index (χ0n) is 12.7. The first-order valence-corrected chi connectivity index (χ1v) is 7.65. The first-order valence-electron chi connectivity index (χ1n) is 7.65. The van der Waals surface area contributed by atoms with Gasteiger partial charge in [0.15, 0.2) is 0 Å². The number of aromatic nitrogens is 1. The van der Waals surface area contributed by atoms with E-state index in [1.54, 1.807) is 13.3 Å². The molecular weight excluding hydrogens is 280 g/mol. The van der Waals surface area contributed by atoms with Crippen LogP contribution in [-0.4, -0.2) is 36.0 Å². The van der Waals surface area contributed by atoms with Gasteiger partial charge in [0.1, 0.15) is 5.75 Å². The molecule has 0 spiro atoms. The van der Waals surface area contributed by atoms with Gasteiger partial charge in [0.05, 0.1) is 37.6 Å². The molecule has 2 heterocycles. The molecule has 3 rings (SSSR count). The molecule has 1 aliphatic heterocycles. The van der Waals surface area contributed by atoms with E-state index in [0.29, 0.717) is 18.8 Å². The lowest BCUT2D eigenvalue weighted by Gasteiger charge is -2.28. The van der Waals surface area contributed by atoms with E-state index >= 15 is 0 Å². The number of rotatable bonds is 4. The summed E-state index contributed by atoms with van der Waals surface area (Å²) in [5.41, 5.74) is 7.55. The Hall–Kier alpha value is -1.69. The third kappa shape index (κ3) is 3.21. The molecule has 5 nitrogen and oxygen atoms in total. The Balaban J connectivity index is 1.82. The van der Waals surface area contributed by atoms with E-state index in [2.05, 4.69) is 4.98 Å². The van der Waals surface area contributed by atoms with E-state index in [9.17, 15) is 5.11 Å². The van der Waals surface area contributed by atoms with Gasteiger partial charge in [-0.05, 0) is 30.5 Å². The summed E-state index contributed by atoms with van der Waals surface area (Å²) in [5.74, 6) is 0.687. The molecule has 1 fully saturated rings. The van der Waals surface area contributed by atoms with E-state index in [0.717, 1.165) is 29.3 Å². The Bertz CT molecular complexity index is 639. The number of benzene rings is 1. The van der Waals surface area contributed by atoms with Crippen LogP contribution in [0.2, 0.25) is 0 Å². The normalized spacial score (nSPS) is 23.4. The van der Waals surface area contributed by atoms with E-state index < -0.39 is 6.10 Å². The molecule has 0 radical (unpaired) electrons. The number of ether oxygens (including phenoxy) is 2. The van der Waals surface area contributed by atoms with Crippen LogP contribution in [0.15, 0.2) is 30.5 Å². The summed E-state index contributed by atoms with van der Waals surface area (Å²) >= 11 is 0. The summed E-state index contributed by atoms with van der Waals surface area (Å²) in [6, 6.07) is 7.82. The second-order valence-electron chi connectivity index (χ2n) is 5.83. The molecule has 2 aromatic rings. The highest BCUT2D eigenvalue weighted by atomic mass is 16.5. The summed E-state index contributed by atoms with van der Waals surface area (Å²) < 4.78 is 11.0. The minimum atomic E-state index is -0.586. The van der Waals surface area contributed by atoms with Crippen molar-refractivity contribution in [3.05, 3.63) is 36.0 Å². The summed E-state index contributed by atoms with van der Waals surface area (Å²) in [6.07, 6.45) is 3.57. The summed E-state index contributed by atoms with van der Waals surface area (Å²) in [5, 5.41) is 11.5. The van der Waals surface area contributed by atoms with Crippen molar-refractivity contribution in [2.24, 2.45) is 5.73 Å². The van der Waals surface area contributed by atoms with Crippen molar-refractivity contribution >= 4 is 10.9 Å². The topological polar surface area (TPSA) is 77.6 Å². The molecule has 1 aromatic carbocycles. The first kappa shape index (κ1) is 15.2. The van der Waals surface area contributed by atoms with Crippen LogP contribution >= 0.6 is 0 Å². The summed E-state index contributed by atoms with van der Waals surface area (Å²) in [6.45, 7) is 0.572. The molecule has 1 aliphatic rings. The average molecular weight is 302 g/mol. The fourth-order valence-corrected chi connectivity index (χ4v) is 2.94. The monoisotopic (exact) mass is 302 g/mol. The fourth-order valence-electron chi connectivity index (χ4n) is 2.94. The lowest BCUT2D eigenvalue weighted by Crippen LogP contribution is -2.36. The molecule has 1 aromatic heterocycles. The second kappa shape index (κ2) is 6.60. The van der Waals surface area contributed by atoms with Gasteiger partial charge in [0.25, 0.3) is 0 Å². The maximum Gasteiger partial charge on any atom is 0.137 e. The van der Waals surface area contributed by atoms with Crippen molar-refractivity contribution in [3.63, 3.8) is 0 Å². The number of methoxy groups -OCH3 is 1. The standard InChI is InChI=1S/C17H22N2O3/c1-21-13-7-15-14(3-2-4-16(15)19-9-13)17(20)8-12-6-5-11(18)10-22-12/h2-4,7,9,11-12,17,20H,5-6,8,10,18H2,1H3/t11-,12+,17?/m1/s1. The van der Waals surface area contributed by atoms with Gasteiger partial charge in [-0.1, -0.05) is 12.1 Å². The molecule has 1 saturated heterocycles. The average Bonchev–Trinajstić information content (AvgIpc) is 2.55. The quantitative estimate of drug-likeness (QED) is 0.905. The molecule has 1 unspecified atom stereocenters. The lowest BCUT2D eigenvalue weighted by molar-refractivity contribution is -0.0233. The molecule has 118 valence electrons. The SMILES string of the molecule is COc1cnc2cccc(C(O)C[C@@H]3CC[C@@H](N)CO3)c2c1. The second-order valence-corrected chi connectivity index (χ2v) is 5.83. The van der Waals surface area contributed by atoms with Crippen LogP contribution in [-0.2, 0) is 4.74 Å². The van der Waals surface area contributed by atoms with Crippen molar-refractivity contribution in [2.75, 3.05) is 13.7 Å². The van der Waals surface area contributed by atoms with Gasteiger partial charge in [-0.2, -0.15) is 0 Å². The van der Waals surface area contributed by atoms with Crippen LogP contribution in [0.3, 0.4) is 0 Å². The number of nitrogens with zero attached hydrogens (tertiary/aromatic N) is 1. The molecule has 22 heavy (non-hydrogen) atoms. The van der Waals surface area contributed by atoms with Gasteiger partial charge in [0, 0.05) is 17.8 Å². The molecule has 3 N–H and O–H groups in total. The van der Waals surface area contributed by atoms with E-state index in [1.807, 2.05) is 24.3 Å². The predicted octanol–water partition coefficient (Wildman–Crippen LogP) is 2.17. The minimum Gasteiger partial charge on any atom is -0.495 e. The Morgan fingerprint density at radius 3 is 3.05 bits per heavy atom. The van der Waals surface area contributed by atoms with Crippen LogP contribution in [0, 0.1) is 0 Å². The van der Waals surface area contributed by atoms with Crippen LogP contribution in [0.5, 0.6) is 5.75 Å². The highest BCUT2D eigenvalue weighted by molar-refractivity contribution is 5.83. The van der Waals surface area contributed by atoms with Crippen LogP contribution < -0.4 is 10.5 Å². The fraction of sp³-hybridized carbons (Fsp3) is 0.471. The molecule has 5 heteroatoms. The number of hydrogen-bond acceptors (Lipinski definition) is 5. The predicted molar refractivity (Wildman–Crippen MR) is 84.8 cm³/mol. The molecule has 3 atom stereocenters. The molecule has 0 saturated carbocycles. The molecule has 0 amide bonds. The van der Waals surface area contributed by atoms with Crippen molar-refractivity contribution in [2.45, 2.75) is 37.5 Å². The number of nitrogens with two attached hydrogens (primary N) is 1. The smallest absolute Gasteiger partial charge is 0.137 e. The third-order valence-electron chi connectivity index (χ3n) is 4.22. The van der Waals surface area contributed by atoms with Crippen molar-refractivity contribution < 1.29 is 14.6 Å². The molecule has 0 aliphatic carbocycles. The highest BCUT2D eigenvalue weighted by Gasteiger charge is 2.23.